The third-order valence-electron chi connectivity index (χ3n) is 2.57. The molecule has 0 bridgehead atoms. The molecule has 0 radical (unpaired) electrons. The molecule has 1 atom stereocenters. The SMILES string of the molecule is CCC1CSC(C)(C)N1CC. The van der Waals surface area contributed by atoms with E-state index in [2.05, 4.69) is 44.4 Å². The summed E-state index contributed by atoms with van der Waals surface area (Å²) in [5.41, 5.74) is 0. The molecule has 0 aliphatic carbocycles. The summed E-state index contributed by atoms with van der Waals surface area (Å²) in [6.07, 6.45) is 1.30. The van der Waals surface area contributed by atoms with Gasteiger partial charge in [-0.2, -0.15) is 0 Å². The second-order valence-corrected chi connectivity index (χ2v) is 5.23. The topological polar surface area (TPSA) is 3.24 Å². The Morgan fingerprint density at radius 1 is 1.45 bits per heavy atom. The molecule has 1 nitrogen and oxygen atoms in total. The van der Waals surface area contributed by atoms with Crippen LogP contribution in [0.3, 0.4) is 0 Å². The van der Waals surface area contributed by atoms with Crippen molar-refractivity contribution in [2.45, 2.75) is 45.0 Å². The first-order valence-electron chi connectivity index (χ1n) is 4.52. The van der Waals surface area contributed by atoms with Gasteiger partial charge in [0.2, 0.25) is 0 Å². The lowest BCUT2D eigenvalue weighted by Gasteiger charge is -2.33. The molecule has 0 N–H and O–H groups in total. The fourth-order valence-electron chi connectivity index (χ4n) is 1.89. The van der Waals surface area contributed by atoms with Gasteiger partial charge >= 0.3 is 0 Å². The van der Waals surface area contributed by atoms with E-state index >= 15 is 0 Å². The lowest BCUT2D eigenvalue weighted by Crippen LogP contribution is -2.41. The first-order chi connectivity index (χ1) is 5.11. The van der Waals surface area contributed by atoms with E-state index in [9.17, 15) is 0 Å². The van der Waals surface area contributed by atoms with Crippen LogP contribution in [0.15, 0.2) is 0 Å². The lowest BCUT2D eigenvalue weighted by molar-refractivity contribution is 0.168. The van der Waals surface area contributed by atoms with Crippen LogP contribution in [0.4, 0.5) is 0 Å². The van der Waals surface area contributed by atoms with E-state index in [0.29, 0.717) is 4.87 Å². The molecule has 0 amide bonds. The zero-order valence-corrected chi connectivity index (χ0v) is 8.87. The van der Waals surface area contributed by atoms with E-state index in [-0.39, 0.29) is 0 Å². The van der Waals surface area contributed by atoms with Gasteiger partial charge in [-0.25, -0.2) is 0 Å². The molecule has 1 aliphatic rings. The predicted octanol–water partition coefficient (Wildman–Crippen LogP) is 2.57. The van der Waals surface area contributed by atoms with Gasteiger partial charge in [0.05, 0.1) is 4.87 Å². The molecule has 1 aliphatic heterocycles. The van der Waals surface area contributed by atoms with Crippen molar-refractivity contribution in [3.8, 4) is 0 Å². The van der Waals surface area contributed by atoms with Gasteiger partial charge in [0.25, 0.3) is 0 Å². The lowest BCUT2D eigenvalue weighted by atomic mass is 10.2. The van der Waals surface area contributed by atoms with E-state index < -0.39 is 0 Å². The van der Waals surface area contributed by atoms with E-state index in [0.717, 1.165) is 6.04 Å². The number of hydrogen-bond acceptors (Lipinski definition) is 2. The molecular formula is C9H19NS. The maximum atomic E-state index is 2.61. The Kier molecular flexibility index (Phi) is 2.87. The summed E-state index contributed by atoms with van der Waals surface area (Å²) < 4.78 is 0. The Morgan fingerprint density at radius 3 is 2.45 bits per heavy atom. The van der Waals surface area contributed by atoms with Crippen LogP contribution in [0.2, 0.25) is 0 Å². The van der Waals surface area contributed by atoms with Crippen LogP contribution >= 0.6 is 11.8 Å². The predicted molar refractivity (Wildman–Crippen MR) is 53.0 cm³/mol. The largest absolute Gasteiger partial charge is 0.286 e. The first kappa shape index (κ1) is 9.40. The summed E-state index contributed by atoms with van der Waals surface area (Å²) in [6, 6.07) is 0.819. The van der Waals surface area contributed by atoms with Gasteiger partial charge in [-0.05, 0) is 26.8 Å². The van der Waals surface area contributed by atoms with E-state index in [1.165, 1.54) is 18.7 Å². The Balaban J connectivity index is 2.63. The molecule has 11 heavy (non-hydrogen) atoms. The molecule has 1 unspecified atom stereocenters. The van der Waals surface area contributed by atoms with Crippen LogP contribution in [0.25, 0.3) is 0 Å². The summed E-state index contributed by atoms with van der Waals surface area (Å²) >= 11 is 2.09. The highest BCUT2D eigenvalue weighted by atomic mass is 32.2. The molecule has 1 rings (SSSR count). The number of hydrogen-bond donors (Lipinski definition) is 0. The molecule has 0 aromatic rings. The summed E-state index contributed by atoms with van der Waals surface area (Å²) in [5, 5.41) is 0. The quantitative estimate of drug-likeness (QED) is 0.631. The van der Waals surface area contributed by atoms with E-state index in [1.54, 1.807) is 0 Å². The highest BCUT2D eigenvalue weighted by Gasteiger charge is 2.37. The molecule has 0 aromatic heterocycles. The van der Waals surface area contributed by atoms with Crippen LogP contribution in [-0.4, -0.2) is 28.1 Å². The standard InChI is InChI=1S/C9H19NS/c1-5-8-7-11-9(3,4)10(8)6-2/h8H,5-7H2,1-4H3. The van der Waals surface area contributed by atoms with Crippen LogP contribution in [0, 0.1) is 0 Å². The molecule has 1 saturated heterocycles. The average molecular weight is 173 g/mol. The van der Waals surface area contributed by atoms with Gasteiger partial charge in [0.1, 0.15) is 0 Å². The van der Waals surface area contributed by atoms with Crippen molar-refractivity contribution >= 4 is 11.8 Å². The Morgan fingerprint density at radius 2 is 2.09 bits per heavy atom. The van der Waals surface area contributed by atoms with Crippen LogP contribution in [-0.2, 0) is 0 Å². The molecule has 0 aromatic carbocycles. The minimum absolute atomic E-state index is 0.384. The van der Waals surface area contributed by atoms with Crippen LogP contribution in [0.1, 0.15) is 34.1 Å². The normalized spacial score (nSPS) is 31.1. The highest BCUT2D eigenvalue weighted by molar-refractivity contribution is 8.00. The summed E-state index contributed by atoms with van der Waals surface area (Å²) in [5.74, 6) is 1.32. The van der Waals surface area contributed by atoms with Crippen molar-refractivity contribution in [1.29, 1.82) is 0 Å². The van der Waals surface area contributed by atoms with Gasteiger partial charge in [0, 0.05) is 11.8 Å². The number of rotatable bonds is 2. The second kappa shape index (κ2) is 3.36. The summed E-state index contributed by atoms with van der Waals surface area (Å²) in [4.78, 5) is 2.99. The molecular weight excluding hydrogens is 154 g/mol. The van der Waals surface area contributed by atoms with Crippen molar-refractivity contribution in [2.24, 2.45) is 0 Å². The third-order valence-corrected chi connectivity index (χ3v) is 4.07. The molecule has 1 fully saturated rings. The Hall–Kier alpha value is 0.310. The third kappa shape index (κ3) is 1.73. The zero-order valence-electron chi connectivity index (χ0n) is 8.05. The zero-order chi connectivity index (χ0) is 8.48. The van der Waals surface area contributed by atoms with E-state index in [1.807, 2.05) is 0 Å². The van der Waals surface area contributed by atoms with Gasteiger partial charge in [0.15, 0.2) is 0 Å². The van der Waals surface area contributed by atoms with Crippen molar-refractivity contribution < 1.29 is 0 Å². The molecule has 1 heterocycles. The van der Waals surface area contributed by atoms with Crippen LogP contribution in [0.5, 0.6) is 0 Å². The fraction of sp³-hybridized carbons (Fsp3) is 1.00. The van der Waals surface area contributed by atoms with Gasteiger partial charge in [-0.1, -0.05) is 13.8 Å². The van der Waals surface area contributed by atoms with Crippen molar-refractivity contribution in [2.75, 3.05) is 12.3 Å². The molecule has 0 saturated carbocycles. The Bertz CT molecular complexity index is 134. The fourth-order valence-corrected chi connectivity index (χ4v) is 3.35. The summed E-state index contributed by atoms with van der Waals surface area (Å²) in [7, 11) is 0. The molecule has 2 heteroatoms. The van der Waals surface area contributed by atoms with Crippen LogP contribution < -0.4 is 0 Å². The maximum Gasteiger partial charge on any atom is 0.0616 e. The van der Waals surface area contributed by atoms with Crippen molar-refractivity contribution in [3.63, 3.8) is 0 Å². The minimum Gasteiger partial charge on any atom is -0.286 e. The highest BCUT2D eigenvalue weighted by Crippen LogP contribution is 2.39. The second-order valence-electron chi connectivity index (χ2n) is 3.61. The minimum atomic E-state index is 0.384. The maximum absolute atomic E-state index is 2.61. The van der Waals surface area contributed by atoms with E-state index in [4.69, 9.17) is 0 Å². The van der Waals surface area contributed by atoms with Crippen molar-refractivity contribution in [1.82, 2.24) is 4.90 Å². The average Bonchev–Trinajstić information content (AvgIpc) is 2.24. The van der Waals surface area contributed by atoms with Crippen molar-refractivity contribution in [3.05, 3.63) is 0 Å². The smallest absolute Gasteiger partial charge is 0.0616 e. The van der Waals surface area contributed by atoms with Gasteiger partial charge in [-0.15, -0.1) is 11.8 Å². The van der Waals surface area contributed by atoms with Gasteiger partial charge < -0.3 is 0 Å². The number of nitrogens with zero attached hydrogens (tertiary/aromatic N) is 1. The first-order valence-corrected chi connectivity index (χ1v) is 5.51. The monoisotopic (exact) mass is 173 g/mol. The molecule has 66 valence electrons. The molecule has 0 spiro atoms. The van der Waals surface area contributed by atoms with Gasteiger partial charge in [-0.3, -0.25) is 4.90 Å². The Labute approximate surface area is 74.5 Å². The summed E-state index contributed by atoms with van der Waals surface area (Å²) in [6.45, 7) is 10.4. The number of thioether (sulfide) groups is 1.